The van der Waals surface area contributed by atoms with Crippen LogP contribution in [0, 0.1) is 0 Å². The lowest BCUT2D eigenvalue weighted by Crippen LogP contribution is -2.01. The fourth-order valence-corrected chi connectivity index (χ4v) is 3.61. The van der Waals surface area contributed by atoms with Crippen molar-refractivity contribution < 1.29 is 9.90 Å². The predicted octanol–water partition coefficient (Wildman–Crippen LogP) is 6.86. The van der Waals surface area contributed by atoms with Crippen LogP contribution in [0.1, 0.15) is 21.5 Å². The van der Waals surface area contributed by atoms with Crippen LogP contribution in [0.15, 0.2) is 77.7 Å². The summed E-state index contributed by atoms with van der Waals surface area (Å²) in [4.78, 5) is 13.6. The third-order valence-electron chi connectivity index (χ3n) is 3.83. The van der Waals surface area contributed by atoms with E-state index in [4.69, 9.17) is 23.2 Å². The van der Waals surface area contributed by atoms with Crippen molar-refractivity contribution in [3.05, 3.63) is 104 Å². The van der Waals surface area contributed by atoms with Gasteiger partial charge in [-0.2, -0.15) is 0 Å². The van der Waals surface area contributed by atoms with Gasteiger partial charge in [0.05, 0.1) is 4.91 Å². The number of benzene rings is 3. The van der Waals surface area contributed by atoms with E-state index in [1.165, 1.54) is 11.8 Å². The second-order valence-electron chi connectivity index (χ2n) is 5.85. The van der Waals surface area contributed by atoms with Crippen molar-refractivity contribution in [1.29, 1.82) is 0 Å². The summed E-state index contributed by atoms with van der Waals surface area (Å²) in [5, 5.41) is 10.7. The molecule has 0 amide bonds. The number of halogens is 2. The van der Waals surface area contributed by atoms with Crippen LogP contribution in [0.5, 0.6) is 5.75 Å². The SMILES string of the molecule is O=C(C(=Cc1ccc(O)cc1)SCc1ccc(Cl)cc1)c1ccc(Cl)cc1. The number of hydrogen-bond acceptors (Lipinski definition) is 3. The molecule has 0 radical (unpaired) electrons. The van der Waals surface area contributed by atoms with E-state index < -0.39 is 0 Å². The first kappa shape index (κ1) is 19.6. The van der Waals surface area contributed by atoms with Crippen molar-refractivity contribution in [3.63, 3.8) is 0 Å². The lowest BCUT2D eigenvalue weighted by atomic mass is 10.1. The maximum Gasteiger partial charge on any atom is 0.199 e. The number of rotatable bonds is 6. The number of phenolic OH excluding ortho intramolecular Hbond substituents is 1. The molecule has 3 aromatic carbocycles. The van der Waals surface area contributed by atoms with E-state index in [1.54, 1.807) is 48.5 Å². The molecule has 0 aliphatic carbocycles. The number of thioether (sulfide) groups is 1. The van der Waals surface area contributed by atoms with Gasteiger partial charge in [-0.3, -0.25) is 4.79 Å². The van der Waals surface area contributed by atoms with Crippen LogP contribution in [0.25, 0.3) is 6.08 Å². The largest absolute Gasteiger partial charge is 0.508 e. The van der Waals surface area contributed by atoms with Crippen molar-refractivity contribution >= 4 is 46.8 Å². The van der Waals surface area contributed by atoms with E-state index in [9.17, 15) is 9.90 Å². The van der Waals surface area contributed by atoms with Gasteiger partial charge in [0.2, 0.25) is 0 Å². The van der Waals surface area contributed by atoms with Crippen LogP contribution in [0.2, 0.25) is 10.0 Å². The molecule has 1 N–H and O–H groups in total. The van der Waals surface area contributed by atoms with Gasteiger partial charge in [-0.1, -0.05) is 47.5 Å². The minimum atomic E-state index is -0.0706. The van der Waals surface area contributed by atoms with E-state index in [0.717, 1.165) is 11.1 Å². The lowest BCUT2D eigenvalue weighted by Gasteiger charge is -2.08. The Morgan fingerprint density at radius 3 is 2.00 bits per heavy atom. The van der Waals surface area contributed by atoms with Crippen molar-refractivity contribution in [1.82, 2.24) is 0 Å². The molecule has 3 aromatic rings. The second-order valence-corrected chi connectivity index (χ2v) is 7.74. The van der Waals surface area contributed by atoms with Gasteiger partial charge >= 0.3 is 0 Å². The summed E-state index contributed by atoms with van der Waals surface area (Å²) in [7, 11) is 0. The van der Waals surface area contributed by atoms with E-state index in [2.05, 4.69) is 0 Å². The number of carbonyl (C=O) groups is 1. The van der Waals surface area contributed by atoms with E-state index in [1.807, 2.05) is 30.3 Å². The van der Waals surface area contributed by atoms with E-state index >= 15 is 0 Å². The summed E-state index contributed by atoms with van der Waals surface area (Å²) in [5.41, 5.74) is 2.49. The van der Waals surface area contributed by atoms with Gasteiger partial charge in [0.15, 0.2) is 5.78 Å². The van der Waals surface area contributed by atoms with Crippen LogP contribution >= 0.6 is 35.0 Å². The molecular formula is C22H16Cl2O2S. The number of aromatic hydroxyl groups is 1. The maximum absolute atomic E-state index is 13.0. The van der Waals surface area contributed by atoms with Crippen molar-refractivity contribution in [2.24, 2.45) is 0 Å². The van der Waals surface area contributed by atoms with Crippen molar-refractivity contribution in [3.8, 4) is 5.75 Å². The molecule has 5 heteroatoms. The highest BCUT2D eigenvalue weighted by Crippen LogP contribution is 2.28. The number of carbonyl (C=O) groups excluding carboxylic acids is 1. The minimum Gasteiger partial charge on any atom is -0.508 e. The molecule has 0 aromatic heterocycles. The van der Waals surface area contributed by atoms with Crippen molar-refractivity contribution in [2.45, 2.75) is 5.75 Å². The highest BCUT2D eigenvalue weighted by Gasteiger charge is 2.14. The van der Waals surface area contributed by atoms with E-state index in [0.29, 0.717) is 26.3 Å². The summed E-state index contributed by atoms with van der Waals surface area (Å²) < 4.78 is 0. The summed E-state index contributed by atoms with van der Waals surface area (Å²) in [5.74, 6) is 0.755. The van der Waals surface area contributed by atoms with E-state index in [-0.39, 0.29) is 11.5 Å². The fraction of sp³-hybridized carbons (Fsp3) is 0.0455. The van der Waals surface area contributed by atoms with Crippen molar-refractivity contribution in [2.75, 3.05) is 0 Å². The average molecular weight is 415 g/mol. The maximum atomic E-state index is 13.0. The highest BCUT2D eigenvalue weighted by molar-refractivity contribution is 8.03. The number of hydrogen-bond donors (Lipinski definition) is 1. The Morgan fingerprint density at radius 1 is 0.852 bits per heavy atom. The van der Waals surface area contributed by atoms with Gasteiger partial charge < -0.3 is 5.11 Å². The van der Waals surface area contributed by atoms with Gasteiger partial charge in [0.25, 0.3) is 0 Å². The zero-order valence-corrected chi connectivity index (χ0v) is 16.6. The molecule has 2 nitrogen and oxygen atoms in total. The van der Waals surface area contributed by atoms with Gasteiger partial charge in [0.1, 0.15) is 5.75 Å². The van der Waals surface area contributed by atoms with Crippen LogP contribution in [0.3, 0.4) is 0 Å². The zero-order valence-electron chi connectivity index (χ0n) is 14.2. The Bertz CT molecular complexity index is 947. The zero-order chi connectivity index (χ0) is 19.2. The standard InChI is InChI=1S/C22H16Cl2O2S/c23-18-7-1-16(2-8-18)14-27-21(13-15-3-11-20(25)12-4-15)22(26)17-5-9-19(24)10-6-17/h1-13,25H,14H2. The highest BCUT2D eigenvalue weighted by atomic mass is 35.5. The quantitative estimate of drug-likeness (QED) is 0.353. The molecule has 27 heavy (non-hydrogen) atoms. The van der Waals surface area contributed by atoms with Crippen LogP contribution in [-0.2, 0) is 5.75 Å². The minimum absolute atomic E-state index is 0.0706. The molecule has 0 heterocycles. The summed E-state index contributed by atoms with van der Waals surface area (Å²) in [6.45, 7) is 0. The third-order valence-corrected chi connectivity index (χ3v) is 5.42. The molecule has 0 saturated carbocycles. The Hall–Kier alpha value is -2.20. The van der Waals surface area contributed by atoms with Gasteiger partial charge in [-0.25, -0.2) is 0 Å². The smallest absolute Gasteiger partial charge is 0.199 e. The molecule has 0 aliphatic rings. The molecule has 0 fully saturated rings. The van der Waals surface area contributed by atoms with Crippen LogP contribution in [0.4, 0.5) is 0 Å². The predicted molar refractivity (Wildman–Crippen MR) is 115 cm³/mol. The molecule has 0 atom stereocenters. The Balaban J connectivity index is 1.87. The Kier molecular flexibility index (Phi) is 6.62. The second kappa shape index (κ2) is 9.14. The molecule has 0 bridgehead atoms. The normalized spacial score (nSPS) is 11.4. The average Bonchev–Trinajstić information content (AvgIpc) is 2.68. The van der Waals surface area contributed by atoms with Crippen LogP contribution in [-0.4, -0.2) is 10.9 Å². The first-order valence-corrected chi connectivity index (χ1v) is 9.94. The number of allylic oxidation sites excluding steroid dienone is 1. The molecule has 0 aliphatic heterocycles. The molecule has 3 rings (SSSR count). The molecule has 0 spiro atoms. The Labute approximate surface area is 172 Å². The topological polar surface area (TPSA) is 37.3 Å². The first-order chi connectivity index (χ1) is 13.0. The molecular weight excluding hydrogens is 399 g/mol. The van der Waals surface area contributed by atoms with Gasteiger partial charge in [0, 0.05) is 21.4 Å². The summed E-state index contributed by atoms with van der Waals surface area (Å²) in [6, 6.07) is 21.1. The number of phenols is 1. The van der Waals surface area contributed by atoms with Gasteiger partial charge in [-0.05, 0) is 65.7 Å². The molecule has 0 saturated heterocycles. The number of Topliss-reactive ketones (excluding diaryl/α,β-unsaturated/α-hetero) is 1. The monoisotopic (exact) mass is 414 g/mol. The summed E-state index contributed by atoms with van der Waals surface area (Å²) in [6.07, 6.45) is 1.83. The lowest BCUT2D eigenvalue weighted by molar-refractivity contribution is 0.104. The fourth-order valence-electron chi connectivity index (χ4n) is 2.38. The Morgan fingerprint density at radius 2 is 1.41 bits per heavy atom. The third kappa shape index (κ3) is 5.64. The summed E-state index contributed by atoms with van der Waals surface area (Å²) >= 11 is 13.3. The first-order valence-electron chi connectivity index (χ1n) is 8.19. The molecule has 0 unspecified atom stereocenters. The van der Waals surface area contributed by atoms with Gasteiger partial charge in [-0.15, -0.1) is 11.8 Å². The molecule has 136 valence electrons. The number of ketones is 1. The van der Waals surface area contributed by atoms with Crippen LogP contribution < -0.4 is 0 Å².